The number of rotatable bonds is 5. The summed E-state index contributed by atoms with van der Waals surface area (Å²) in [6, 6.07) is 6.36. The SMILES string of the molecule is CCC(N)C(Oc1cc(F)cc(Br)c1)c1ccsc1. The first kappa shape index (κ1) is 14.5. The molecule has 1 aromatic carbocycles. The Morgan fingerprint density at radius 3 is 2.79 bits per heavy atom. The molecule has 0 radical (unpaired) electrons. The molecular formula is C14H15BrFNOS. The van der Waals surface area contributed by atoms with E-state index < -0.39 is 0 Å². The van der Waals surface area contributed by atoms with E-state index in [1.807, 2.05) is 23.8 Å². The van der Waals surface area contributed by atoms with Crippen molar-refractivity contribution in [1.29, 1.82) is 0 Å². The molecule has 0 aliphatic heterocycles. The van der Waals surface area contributed by atoms with Gasteiger partial charge in [0.05, 0.1) is 0 Å². The summed E-state index contributed by atoms with van der Waals surface area (Å²) in [5.41, 5.74) is 7.13. The molecule has 0 saturated carbocycles. The topological polar surface area (TPSA) is 35.2 Å². The zero-order valence-corrected chi connectivity index (χ0v) is 12.9. The van der Waals surface area contributed by atoms with E-state index in [0.29, 0.717) is 10.2 Å². The standard InChI is InChI=1S/C14H15BrFNOS/c1-2-13(17)14(9-3-4-19-8-9)18-12-6-10(15)5-11(16)7-12/h3-8,13-14H,2,17H2,1H3. The molecule has 5 heteroatoms. The number of nitrogens with two attached hydrogens (primary N) is 1. The van der Waals surface area contributed by atoms with Gasteiger partial charge in [-0.15, -0.1) is 0 Å². The number of benzene rings is 1. The van der Waals surface area contributed by atoms with Gasteiger partial charge in [-0.2, -0.15) is 11.3 Å². The van der Waals surface area contributed by atoms with Gasteiger partial charge in [0.1, 0.15) is 17.7 Å². The van der Waals surface area contributed by atoms with Crippen LogP contribution in [0.25, 0.3) is 0 Å². The van der Waals surface area contributed by atoms with Crippen molar-refractivity contribution in [2.24, 2.45) is 5.73 Å². The molecule has 2 rings (SSSR count). The van der Waals surface area contributed by atoms with Crippen LogP contribution >= 0.6 is 27.3 Å². The summed E-state index contributed by atoms with van der Waals surface area (Å²) >= 11 is 4.85. The van der Waals surface area contributed by atoms with Crippen LogP contribution in [-0.2, 0) is 0 Å². The van der Waals surface area contributed by atoms with Crippen molar-refractivity contribution in [2.75, 3.05) is 0 Å². The van der Waals surface area contributed by atoms with E-state index in [-0.39, 0.29) is 18.0 Å². The van der Waals surface area contributed by atoms with Crippen LogP contribution in [0.15, 0.2) is 39.5 Å². The molecule has 1 heterocycles. The van der Waals surface area contributed by atoms with Crippen LogP contribution < -0.4 is 10.5 Å². The van der Waals surface area contributed by atoms with Crippen molar-refractivity contribution < 1.29 is 9.13 Å². The summed E-state index contributed by atoms with van der Waals surface area (Å²) in [5.74, 6) is 0.144. The summed E-state index contributed by atoms with van der Waals surface area (Å²) < 4.78 is 19.9. The van der Waals surface area contributed by atoms with Crippen molar-refractivity contribution in [1.82, 2.24) is 0 Å². The molecule has 0 fully saturated rings. The Balaban J connectivity index is 2.25. The second-order valence-corrected chi connectivity index (χ2v) is 5.97. The van der Waals surface area contributed by atoms with Gasteiger partial charge in [-0.05, 0) is 35.4 Å². The molecule has 0 saturated heterocycles. The third-order valence-corrected chi connectivity index (χ3v) is 3.99. The van der Waals surface area contributed by atoms with Gasteiger partial charge in [-0.25, -0.2) is 4.39 Å². The predicted octanol–water partition coefficient (Wildman–Crippen LogP) is 4.51. The average Bonchev–Trinajstić information content (AvgIpc) is 2.87. The molecule has 19 heavy (non-hydrogen) atoms. The maximum atomic E-state index is 13.4. The predicted molar refractivity (Wildman–Crippen MR) is 80.1 cm³/mol. The maximum absolute atomic E-state index is 13.4. The number of thiophene rings is 1. The Kier molecular flexibility index (Phi) is 4.96. The number of hydrogen-bond donors (Lipinski definition) is 1. The van der Waals surface area contributed by atoms with Gasteiger partial charge in [0, 0.05) is 22.1 Å². The van der Waals surface area contributed by atoms with E-state index in [1.165, 1.54) is 12.1 Å². The third kappa shape index (κ3) is 3.78. The lowest BCUT2D eigenvalue weighted by Crippen LogP contribution is -2.31. The lowest BCUT2D eigenvalue weighted by atomic mass is 10.0. The summed E-state index contributed by atoms with van der Waals surface area (Å²) in [5, 5.41) is 3.99. The first-order chi connectivity index (χ1) is 9.10. The fraction of sp³-hybridized carbons (Fsp3) is 0.286. The van der Waals surface area contributed by atoms with Gasteiger partial charge in [0.25, 0.3) is 0 Å². The highest BCUT2D eigenvalue weighted by atomic mass is 79.9. The Labute approximate surface area is 124 Å². The zero-order valence-electron chi connectivity index (χ0n) is 10.5. The van der Waals surface area contributed by atoms with Crippen LogP contribution in [0.1, 0.15) is 25.0 Å². The summed E-state index contributed by atoms with van der Waals surface area (Å²) in [7, 11) is 0. The highest BCUT2D eigenvalue weighted by molar-refractivity contribution is 9.10. The van der Waals surface area contributed by atoms with Crippen LogP contribution in [0.5, 0.6) is 5.75 Å². The van der Waals surface area contributed by atoms with Gasteiger partial charge < -0.3 is 10.5 Å². The molecule has 102 valence electrons. The summed E-state index contributed by atoms with van der Waals surface area (Å²) in [4.78, 5) is 0. The van der Waals surface area contributed by atoms with E-state index >= 15 is 0 Å². The van der Waals surface area contributed by atoms with Crippen LogP contribution in [0.2, 0.25) is 0 Å². The second kappa shape index (κ2) is 6.50. The Morgan fingerprint density at radius 1 is 1.42 bits per heavy atom. The molecule has 1 aromatic heterocycles. The molecule has 0 bridgehead atoms. The molecule has 0 aliphatic carbocycles. The Morgan fingerprint density at radius 2 is 2.21 bits per heavy atom. The largest absolute Gasteiger partial charge is 0.484 e. The van der Waals surface area contributed by atoms with Crippen molar-refractivity contribution in [2.45, 2.75) is 25.5 Å². The van der Waals surface area contributed by atoms with Crippen LogP contribution in [0, 0.1) is 5.82 Å². The van der Waals surface area contributed by atoms with E-state index in [0.717, 1.165) is 12.0 Å². The Bertz CT molecular complexity index is 512. The van der Waals surface area contributed by atoms with Gasteiger partial charge in [0.15, 0.2) is 0 Å². The third-order valence-electron chi connectivity index (χ3n) is 2.83. The van der Waals surface area contributed by atoms with Gasteiger partial charge in [0.2, 0.25) is 0 Å². The lowest BCUT2D eigenvalue weighted by molar-refractivity contribution is 0.171. The minimum atomic E-state index is -0.335. The van der Waals surface area contributed by atoms with Crippen LogP contribution in [-0.4, -0.2) is 6.04 Å². The average molecular weight is 344 g/mol. The van der Waals surface area contributed by atoms with E-state index in [1.54, 1.807) is 17.4 Å². The molecule has 2 nitrogen and oxygen atoms in total. The highest BCUT2D eigenvalue weighted by Gasteiger charge is 2.21. The summed E-state index contributed by atoms with van der Waals surface area (Å²) in [6.07, 6.45) is 0.529. The lowest BCUT2D eigenvalue weighted by Gasteiger charge is -2.24. The quantitative estimate of drug-likeness (QED) is 0.866. The minimum absolute atomic E-state index is 0.128. The minimum Gasteiger partial charge on any atom is -0.484 e. The van der Waals surface area contributed by atoms with Crippen molar-refractivity contribution >= 4 is 27.3 Å². The van der Waals surface area contributed by atoms with Crippen LogP contribution in [0.4, 0.5) is 4.39 Å². The number of ether oxygens (including phenoxy) is 1. The highest BCUT2D eigenvalue weighted by Crippen LogP contribution is 2.29. The molecule has 0 spiro atoms. The van der Waals surface area contributed by atoms with Crippen LogP contribution in [0.3, 0.4) is 0 Å². The molecule has 2 aromatic rings. The monoisotopic (exact) mass is 343 g/mol. The molecule has 2 unspecified atom stereocenters. The van der Waals surface area contributed by atoms with E-state index in [4.69, 9.17) is 10.5 Å². The van der Waals surface area contributed by atoms with Crippen molar-refractivity contribution in [3.05, 3.63) is 50.9 Å². The smallest absolute Gasteiger partial charge is 0.140 e. The van der Waals surface area contributed by atoms with Gasteiger partial charge >= 0.3 is 0 Å². The second-order valence-electron chi connectivity index (χ2n) is 4.27. The number of halogens is 2. The maximum Gasteiger partial charge on any atom is 0.140 e. The zero-order chi connectivity index (χ0) is 13.8. The van der Waals surface area contributed by atoms with Crippen molar-refractivity contribution in [3.8, 4) is 5.75 Å². The van der Waals surface area contributed by atoms with Gasteiger partial charge in [-0.1, -0.05) is 22.9 Å². The summed E-state index contributed by atoms with van der Waals surface area (Å²) in [6.45, 7) is 2.01. The fourth-order valence-corrected chi connectivity index (χ4v) is 2.93. The molecule has 2 atom stereocenters. The first-order valence-corrected chi connectivity index (χ1v) is 7.74. The first-order valence-electron chi connectivity index (χ1n) is 6.00. The Hall–Kier alpha value is -0.910. The van der Waals surface area contributed by atoms with Crippen molar-refractivity contribution in [3.63, 3.8) is 0 Å². The van der Waals surface area contributed by atoms with E-state index in [9.17, 15) is 4.39 Å². The normalized spacial score (nSPS) is 14.1. The molecule has 2 N–H and O–H groups in total. The molecule has 0 aliphatic rings. The van der Waals surface area contributed by atoms with Gasteiger partial charge in [-0.3, -0.25) is 0 Å². The molecular weight excluding hydrogens is 329 g/mol. The van der Waals surface area contributed by atoms with E-state index in [2.05, 4.69) is 15.9 Å². The number of hydrogen-bond acceptors (Lipinski definition) is 3. The fourth-order valence-electron chi connectivity index (χ4n) is 1.80. The molecule has 0 amide bonds.